The summed E-state index contributed by atoms with van der Waals surface area (Å²) in [6, 6.07) is 6.99. The zero-order chi connectivity index (χ0) is 12.0. The molecule has 0 aliphatic carbocycles. The molecule has 0 spiro atoms. The van der Waals surface area contributed by atoms with Gasteiger partial charge in [0.2, 0.25) is 0 Å². The van der Waals surface area contributed by atoms with Crippen LogP contribution in [0, 0.1) is 0 Å². The highest BCUT2D eigenvalue weighted by molar-refractivity contribution is 9.10. The van der Waals surface area contributed by atoms with Gasteiger partial charge in [-0.25, -0.2) is 0 Å². The molecular formula is C13H20BrNS. The lowest BCUT2D eigenvalue weighted by Gasteiger charge is -2.17. The summed E-state index contributed by atoms with van der Waals surface area (Å²) < 4.78 is 1.16. The first-order valence-corrected chi connectivity index (χ1v) is 7.62. The molecule has 0 aromatic heterocycles. The number of halogens is 1. The summed E-state index contributed by atoms with van der Waals surface area (Å²) in [5.41, 5.74) is 1.41. The average Bonchev–Trinajstić information content (AvgIpc) is 2.26. The molecule has 0 saturated heterocycles. The maximum absolute atomic E-state index is 3.54. The van der Waals surface area contributed by atoms with Gasteiger partial charge in [-0.05, 0) is 43.3 Å². The van der Waals surface area contributed by atoms with Crippen molar-refractivity contribution >= 4 is 27.7 Å². The van der Waals surface area contributed by atoms with E-state index in [1.807, 2.05) is 11.8 Å². The molecule has 0 aliphatic rings. The predicted molar refractivity (Wildman–Crippen MR) is 77.2 cm³/mol. The highest BCUT2D eigenvalue weighted by Gasteiger charge is 2.10. The summed E-state index contributed by atoms with van der Waals surface area (Å²) in [6.07, 6.45) is 1.18. The highest BCUT2D eigenvalue weighted by Crippen LogP contribution is 2.30. The van der Waals surface area contributed by atoms with Gasteiger partial charge in [0.25, 0.3) is 0 Å². The molecule has 0 bridgehead atoms. The Morgan fingerprint density at radius 2 is 2.12 bits per heavy atom. The first-order chi connectivity index (χ1) is 7.69. The zero-order valence-electron chi connectivity index (χ0n) is 10.2. The Labute approximate surface area is 112 Å². The molecule has 1 nitrogen and oxygen atoms in total. The molecule has 3 heteroatoms. The molecule has 1 aromatic carbocycles. The molecule has 0 aliphatic heterocycles. The molecular weight excluding hydrogens is 282 g/mol. The van der Waals surface area contributed by atoms with Crippen LogP contribution in [-0.4, -0.2) is 12.3 Å². The van der Waals surface area contributed by atoms with Gasteiger partial charge in [0, 0.05) is 15.4 Å². The first kappa shape index (κ1) is 14.1. The molecule has 0 fully saturated rings. The van der Waals surface area contributed by atoms with E-state index in [0.717, 1.165) is 16.8 Å². The van der Waals surface area contributed by atoms with E-state index in [0.29, 0.717) is 6.04 Å². The van der Waals surface area contributed by atoms with Gasteiger partial charge in [-0.2, -0.15) is 0 Å². The van der Waals surface area contributed by atoms with Crippen molar-refractivity contribution in [1.82, 2.24) is 5.32 Å². The quantitative estimate of drug-likeness (QED) is 0.769. The van der Waals surface area contributed by atoms with Crippen LogP contribution in [-0.2, 0) is 0 Å². The smallest absolute Gasteiger partial charge is 0.0302 e. The summed E-state index contributed by atoms with van der Waals surface area (Å²) in [5, 5.41) is 3.54. The van der Waals surface area contributed by atoms with Crippen molar-refractivity contribution in [3.63, 3.8) is 0 Å². The predicted octanol–water partition coefficient (Wildman–Crippen LogP) is 4.62. The zero-order valence-corrected chi connectivity index (χ0v) is 12.6. The molecule has 16 heavy (non-hydrogen) atoms. The number of hydrogen-bond acceptors (Lipinski definition) is 2. The lowest BCUT2D eigenvalue weighted by molar-refractivity contribution is 0.564. The maximum atomic E-state index is 3.54. The van der Waals surface area contributed by atoms with Crippen molar-refractivity contribution in [3.05, 3.63) is 28.2 Å². The lowest BCUT2D eigenvalue weighted by Crippen LogP contribution is -2.19. The van der Waals surface area contributed by atoms with Gasteiger partial charge in [-0.15, -0.1) is 11.8 Å². The van der Waals surface area contributed by atoms with Gasteiger partial charge in [0.1, 0.15) is 0 Å². The van der Waals surface area contributed by atoms with Crippen LogP contribution in [0.25, 0.3) is 0 Å². The molecule has 90 valence electrons. The van der Waals surface area contributed by atoms with Crippen LogP contribution in [0.3, 0.4) is 0 Å². The molecule has 0 heterocycles. The van der Waals surface area contributed by atoms with E-state index in [1.54, 1.807) is 0 Å². The van der Waals surface area contributed by atoms with E-state index < -0.39 is 0 Å². The summed E-state index contributed by atoms with van der Waals surface area (Å²) in [5.74, 6) is 1.12. The fourth-order valence-electron chi connectivity index (χ4n) is 1.62. The molecule has 1 N–H and O–H groups in total. The third-order valence-electron chi connectivity index (χ3n) is 2.44. The average molecular weight is 302 g/mol. The van der Waals surface area contributed by atoms with Gasteiger partial charge in [-0.1, -0.05) is 35.8 Å². The van der Waals surface area contributed by atoms with E-state index in [1.165, 1.54) is 16.9 Å². The first-order valence-electron chi connectivity index (χ1n) is 5.84. The summed E-state index contributed by atoms with van der Waals surface area (Å²) >= 11 is 5.44. The molecule has 1 rings (SSSR count). The second kappa shape index (κ2) is 7.36. The molecule has 0 amide bonds. The fraction of sp³-hybridized carbons (Fsp3) is 0.538. The van der Waals surface area contributed by atoms with Crippen molar-refractivity contribution in [2.24, 2.45) is 0 Å². The van der Waals surface area contributed by atoms with Crippen molar-refractivity contribution in [2.75, 3.05) is 12.3 Å². The minimum absolute atomic E-state index is 0.432. The largest absolute Gasteiger partial charge is 0.310 e. The Hall–Kier alpha value is 0.01000. The number of thioether (sulfide) groups is 1. The number of nitrogens with one attached hydrogen (secondary N) is 1. The van der Waals surface area contributed by atoms with Gasteiger partial charge >= 0.3 is 0 Å². The standard InChI is InChI=1S/C13H20BrNS/c1-4-8-15-10(3)12-7-6-11(14)9-13(12)16-5-2/h6-7,9-10,15H,4-5,8H2,1-3H3. The normalized spacial score (nSPS) is 12.8. The number of hydrogen-bond donors (Lipinski definition) is 1. The Morgan fingerprint density at radius 3 is 2.75 bits per heavy atom. The van der Waals surface area contributed by atoms with Crippen LogP contribution in [0.1, 0.15) is 38.8 Å². The number of rotatable bonds is 6. The Kier molecular flexibility index (Phi) is 6.47. The lowest BCUT2D eigenvalue weighted by atomic mass is 10.1. The van der Waals surface area contributed by atoms with Crippen LogP contribution >= 0.6 is 27.7 Å². The van der Waals surface area contributed by atoms with Gasteiger partial charge in [-0.3, -0.25) is 0 Å². The SMILES string of the molecule is CCCNC(C)c1ccc(Br)cc1SCC. The van der Waals surface area contributed by atoms with E-state index >= 15 is 0 Å². The topological polar surface area (TPSA) is 12.0 Å². The minimum Gasteiger partial charge on any atom is -0.310 e. The van der Waals surface area contributed by atoms with E-state index in [2.05, 4.69) is 60.2 Å². The molecule has 0 saturated carbocycles. The van der Waals surface area contributed by atoms with E-state index in [9.17, 15) is 0 Å². The van der Waals surface area contributed by atoms with Crippen LogP contribution in [0.5, 0.6) is 0 Å². The maximum Gasteiger partial charge on any atom is 0.0302 e. The van der Waals surface area contributed by atoms with E-state index in [4.69, 9.17) is 0 Å². The van der Waals surface area contributed by atoms with Crippen molar-refractivity contribution in [3.8, 4) is 0 Å². The summed E-state index contributed by atoms with van der Waals surface area (Å²) in [7, 11) is 0. The van der Waals surface area contributed by atoms with Crippen molar-refractivity contribution in [1.29, 1.82) is 0 Å². The molecule has 0 radical (unpaired) electrons. The third-order valence-corrected chi connectivity index (χ3v) is 3.89. The van der Waals surface area contributed by atoms with Crippen molar-refractivity contribution < 1.29 is 0 Å². The molecule has 1 atom stereocenters. The van der Waals surface area contributed by atoms with Crippen molar-refractivity contribution in [2.45, 2.75) is 38.1 Å². The van der Waals surface area contributed by atoms with Crippen LogP contribution in [0.4, 0.5) is 0 Å². The van der Waals surface area contributed by atoms with Gasteiger partial charge < -0.3 is 5.32 Å². The molecule has 1 aromatic rings. The van der Waals surface area contributed by atoms with Gasteiger partial charge in [0.05, 0.1) is 0 Å². The Balaban J connectivity index is 2.84. The second-order valence-corrected chi connectivity index (χ2v) is 6.01. The third kappa shape index (κ3) is 4.11. The van der Waals surface area contributed by atoms with Crippen LogP contribution in [0.15, 0.2) is 27.6 Å². The molecule has 1 unspecified atom stereocenters. The number of benzene rings is 1. The van der Waals surface area contributed by atoms with Crippen LogP contribution in [0.2, 0.25) is 0 Å². The Bertz CT molecular complexity index is 328. The highest BCUT2D eigenvalue weighted by atomic mass is 79.9. The van der Waals surface area contributed by atoms with E-state index in [-0.39, 0.29) is 0 Å². The second-order valence-electron chi connectivity index (χ2n) is 3.79. The van der Waals surface area contributed by atoms with Gasteiger partial charge in [0.15, 0.2) is 0 Å². The summed E-state index contributed by atoms with van der Waals surface area (Å²) in [6.45, 7) is 7.70. The fourth-order valence-corrected chi connectivity index (χ4v) is 3.06. The Morgan fingerprint density at radius 1 is 1.38 bits per heavy atom. The monoisotopic (exact) mass is 301 g/mol. The van der Waals surface area contributed by atoms with Crippen LogP contribution < -0.4 is 5.32 Å². The minimum atomic E-state index is 0.432. The summed E-state index contributed by atoms with van der Waals surface area (Å²) in [4.78, 5) is 1.38.